The van der Waals surface area contributed by atoms with Crippen molar-refractivity contribution in [2.75, 3.05) is 0 Å². The third-order valence-corrected chi connectivity index (χ3v) is 4.38. The number of hydrogen-bond acceptors (Lipinski definition) is 2. The van der Waals surface area contributed by atoms with Gasteiger partial charge in [-0.2, -0.15) is 0 Å². The molecule has 0 fully saturated rings. The SMILES string of the molecule is CC(C)=CCC[C@@]1(C)C=Cc2cc(OCc3ccccc3)ccc2O1. The van der Waals surface area contributed by atoms with Gasteiger partial charge in [0.15, 0.2) is 0 Å². The number of rotatable bonds is 6. The lowest BCUT2D eigenvalue weighted by Crippen LogP contribution is -2.31. The average Bonchev–Trinajstić information content (AvgIpc) is 2.60. The van der Waals surface area contributed by atoms with E-state index < -0.39 is 0 Å². The number of ether oxygens (including phenoxy) is 2. The molecule has 0 radical (unpaired) electrons. The molecule has 3 rings (SSSR count). The van der Waals surface area contributed by atoms with E-state index in [0.29, 0.717) is 6.61 Å². The van der Waals surface area contributed by atoms with Gasteiger partial charge in [0.25, 0.3) is 0 Å². The van der Waals surface area contributed by atoms with Crippen LogP contribution in [0.15, 0.2) is 66.3 Å². The van der Waals surface area contributed by atoms with Crippen molar-refractivity contribution in [2.24, 2.45) is 0 Å². The summed E-state index contributed by atoms with van der Waals surface area (Å²) in [7, 11) is 0. The van der Waals surface area contributed by atoms with Crippen LogP contribution >= 0.6 is 0 Å². The van der Waals surface area contributed by atoms with Crippen molar-refractivity contribution in [2.45, 2.75) is 45.8 Å². The van der Waals surface area contributed by atoms with E-state index in [0.717, 1.165) is 29.9 Å². The Labute approximate surface area is 150 Å². The van der Waals surface area contributed by atoms with E-state index in [2.05, 4.69) is 51.1 Å². The summed E-state index contributed by atoms with van der Waals surface area (Å²) in [5.74, 6) is 1.79. The highest BCUT2D eigenvalue weighted by molar-refractivity contribution is 5.62. The molecule has 0 unspecified atom stereocenters. The van der Waals surface area contributed by atoms with Gasteiger partial charge in [0.1, 0.15) is 23.7 Å². The maximum atomic E-state index is 6.25. The highest BCUT2D eigenvalue weighted by atomic mass is 16.5. The van der Waals surface area contributed by atoms with Crippen LogP contribution < -0.4 is 9.47 Å². The van der Waals surface area contributed by atoms with Crippen LogP contribution in [0, 0.1) is 0 Å². The minimum atomic E-state index is -0.245. The van der Waals surface area contributed by atoms with Crippen molar-refractivity contribution < 1.29 is 9.47 Å². The van der Waals surface area contributed by atoms with Crippen molar-refractivity contribution in [3.05, 3.63) is 77.4 Å². The van der Waals surface area contributed by atoms with E-state index in [1.54, 1.807) is 0 Å². The summed E-state index contributed by atoms with van der Waals surface area (Å²) in [5, 5.41) is 0. The molecule has 2 nitrogen and oxygen atoms in total. The second-order valence-electron chi connectivity index (χ2n) is 7.04. The summed E-state index contributed by atoms with van der Waals surface area (Å²) >= 11 is 0. The first-order valence-electron chi connectivity index (χ1n) is 8.86. The zero-order valence-electron chi connectivity index (χ0n) is 15.3. The van der Waals surface area contributed by atoms with Crippen molar-refractivity contribution in [1.29, 1.82) is 0 Å². The summed E-state index contributed by atoms with van der Waals surface area (Å²) in [6, 6.07) is 16.2. The minimum absolute atomic E-state index is 0.245. The second-order valence-corrected chi connectivity index (χ2v) is 7.04. The molecule has 0 saturated heterocycles. The van der Waals surface area contributed by atoms with Gasteiger partial charge in [-0.1, -0.05) is 48.1 Å². The molecule has 0 spiro atoms. The average molecular weight is 334 g/mol. The van der Waals surface area contributed by atoms with Crippen molar-refractivity contribution >= 4 is 6.08 Å². The lowest BCUT2D eigenvalue weighted by atomic mass is 9.94. The Morgan fingerprint density at radius 3 is 2.68 bits per heavy atom. The Morgan fingerprint density at radius 2 is 1.92 bits per heavy atom. The van der Waals surface area contributed by atoms with E-state index >= 15 is 0 Å². The van der Waals surface area contributed by atoms with Crippen LogP contribution in [0.2, 0.25) is 0 Å². The first-order valence-corrected chi connectivity index (χ1v) is 8.86. The summed E-state index contributed by atoms with van der Waals surface area (Å²) < 4.78 is 12.2. The molecule has 25 heavy (non-hydrogen) atoms. The molecule has 1 heterocycles. The van der Waals surface area contributed by atoms with Crippen LogP contribution in [0.4, 0.5) is 0 Å². The van der Waals surface area contributed by atoms with E-state index in [-0.39, 0.29) is 5.60 Å². The van der Waals surface area contributed by atoms with Gasteiger partial charge >= 0.3 is 0 Å². The molecule has 2 aromatic carbocycles. The minimum Gasteiger partial charge on any atom is -0.489 e. The van der Waals surface area contributed by atoms with Gasteiger partial charge in [0.05, 0.1) is 0 Å². The Kier molecular flexibility index (Phi) is 5.28. The molecular weight excluding hydrogens is 308 g/mol. The molecule has 0 amide bonds. The highest BCUT2D eigenvalue weighted by Crippen LogP contribution is 2.35. The van der Waals surface area contributed by atoms with E-state index in [9.17, 15) is 0 Å². The van der Waals surface area contributed by atoms with Gasteiger partial charge in [-0.15, -0.1) is 0 Å². The highest BCUT2D eigenvalue weighted by Gasteiger charge is 2.26. The summed E-state index contributed by atoms with van der Waals surface area (Å²) in [4.78, 5) is 0. The molecule has 0 saturated carbocycles. The molecule has 130 valence electrons. The van der Waals surface area contributed by atoms with Gasteiger partial charge in [0, 0.05) is 5.56 Å². The van der Waals surface area contributed by atoms with Crippen molar-refractivity contribution in [1.82, 2.24) is 0 Å². The van der Waals surface area contributed by atoms with E-state index in [4.69, 9.17) is 9.47 Å². The zero-order valence-corrected chi connectivity index (χ0v) is 15.3. The van der Waals surface area contributed by atoms with Gasteiger partial charge in [0.2, 0.25) is 0 Å². The third-order valence-electron chi connectivity index (χ3n) is 4.38. The van der Waals surface area contributed by atoms with Crippen LogP contribution in [0.3, 0.4) is 0 Å². The van der Waals surface area contributed by atoms with Crippen molar-refractivity contribution in [3.63, 3.8) is 0 Å². The number of benzene rings is 2. The fraction of sp³-hybridized carbons (Fsp3) is 0.304. The maximum Gasteiger partial charge on any atom is 0.128 e. The molecule has 0 bridgehead atoms. The first-order chi connectivity index (χ1) is 12.0. The van der Waals surface area contributed by atoms with E-state index in [1.807, 2.05) is 36.4 Å². The lowest BCUT2D eigenvalue weighted by molar-refractivity contribution is 0.128. The van der Waals surface area contributed by atoms with E-state index in [1.165, 1.54) is 11.1 Å². The molecule has 0 aliphatic carbocycles. The standard InChI is InChI=1S/C23H26O2/c1-18(2)8-7-14-23(3)15-13-20-16-21(11-12-22(20)25-23)24-17-19-9-5-4-6-10-19/h4-6,8-13,15-16H,7,14,17H2,1-3H3/t23-/m0/s1. The largest absolute Gasteiger partial charge is 0.489 e. The quantitative estimate of drug-likeness (QED) is 0.588. The maximum absolute atomic E-state index is 6.25. The van der Waals surface area contributed by atoms with Crippen LogP contribution in [0.1, 0.15) is 44.7 Å². The Balaban J connectivity index is 1.65. The molecule has 1 atom stereocenters. The smallest absolute Gasteiger partial charge is 0.128 e. The number of fused-ring (bicyclic) bond motifs is 1. The van der Waals surface area contributed by atoms with Gasteiger partial charge in [-0.3, -0.25) is 0 Å². The van der Waals surface area contributed by atoms with Crippen LogP contribution in [0.5, 0.6) is 11.5 Å². The second kappa shape index (κ2) is 7.60. The molecule has 2 aromatic rings. The third kappa shape index (κ3) is 4.76. The molecule has 1 aliphatic heterocycles. The topological polar surface area (TPSA) is 18.5 Å². The first kappa shape index (κ1) is 17.3. The predicted octanol–water partition coefficient (Wildman–Crippen LogP) is 6.18. The van der Waals surface area contributed by atoms with Gasteiger partial charge < -0.3 is 9.47 Å². The molecule has 1 aliphatic rings. The normalized spacial score (nSPS) is 18.2. The van der Waals surface area contributed by atoms with Crippen LogP contribution in [0.25, 0.3) is 6.08 Å². The van der Waals surface area contributed by atoms with Crippen molar-refractivity contribution in [3.8, 4) is 11.5 Å². The van der Waals surface area contributed by atoms with Gasteiger partial charge in [-0.25, -0.2) is 0 Å². The van der Waals surface area contributed by atoms with Crippen LogP contribution in [-0.2, 0) is 6.61 Å². The Morgan fingerprint density at radius 1 is 1.12 bits per heavy atom. The lowest BCUT2D eigenvalue weighted by Gasteiger charge is -2.31. The Hall–Kier alpha value is -2.48. The fourth-order valence-electron chi connectivity index (χ4n) is 2.91. The number of hydrogen-bond donors (Lipinski definition) is 0. The molecular formula is C23H26O2. The molecule has 2 heteroatoms. The summed E-state index contributed by atoms with van der Waals surface area (Å²) in [5.41, 5.74) is 3.35. The monoisotopic (exact) mass is 334 g/mol. The zero-order chi connectivity index (χ0) is 17.7. The summed E-state index contributed by atoms with van der Waals surface area (Å²) in [6.45, 7) is 6.98. The molecule has 0 N–H and O–H groups in total. The predicted molar refractivity (Wildman–Crippen MR) is 104 cm³/mol. The Bertz CT molecular complexity index is 770. The fourth-order valence-corrected chi connectivity index (χ4v) is 2.91. The summed E-state index contributed by atoms with van der Waals surface area (Å²) in [6.07, 6.45) is 8.57. The molecule has 0 aromatic heterocycles. The van der Waals surface area contributed by atoms with Crippen LogP contribution in [-0.4, -0.2) is 5.60 Å². The number of allylic oxidation sites excluding steroid dienone is 2. The van der Waals surface area contributed by atoms with Gasteiger partial charge in [-0.05, 0) is 63.5 Å².